The Hall–Kier alpha value is -2.67. The van der Waals surface area contributed by atoms with E-state index >= 15 is 0 Å². The van der Waals surface area contributed by atoms with E-state index in [0.717, 1.165) is 17.1 Å². The van der Waals surface area contributed by atoms with Crippen molar-refractivity contribution in [2.75, 3.05) is 13.4 Å². The summed E-state index contributed by atoms with van der Waals surface area (Å²) >= 11 is 0. The molecule has 7 heteroatoms. The molecule has 3 aromatic rings. The number of sulfone groups is 1. The highest BCUT2D eigenvalue weighted by molar-refractivity contribution is 7.90. The number of hydrogen-bond acceptors (Lipinski definition) is 5. The highest BCUT2D eigenvalue weighted by Crippen LogP contribution is 2.35. The van der Waals surface area contributed by atoms with Gasteiger partial charge in [-0.05, 0) is 42.2 Å². The molecule has 31 heavy (non-hydrogen) atoms. The lowest BCUT2D eigenvalue weighted by atomic mass is 9.87. The lowest BCUT2D eigenvalue weighted by Crippen LogP contribution is -2.25. The lowest BCUT2D eigenvalue weighted by molar-refractivity contribution is 0.238. The van der Waals surface area contributed by atoms with Crippen molar-refractivity contribution >= 4 is 9.84 Å². The zero-order chi connectivity index (χ0) is 23.0. The van der Waals surface area contributed by atoms with Crippen LogP contribution in [0.4, 0.5) is 0 Å². The molecular formula is C24H31N3O3S. The second kappa shape index (κ2) is 8.46. The van der Waals surface area contributed by atoms with Gasteiger partial charge in [-0.2, -0.15) is 5.10 Å². The number of methoxy groups -OCH3 is 1. The number of aromatic nitrogens is 3. The van der Waals surface area contributed by atoms with Gasteiger partial charge in [0, 0.05) is 17.7 Å². The third-order valence-electron chi connectivity index (χ3n) is 5.78. The molecule has 2 unspecified atom stereocenters. The zero-order valence-electron chi connectivity index (χ0n) is 19.2. The van der Waals surface area contributed by atoms with Gasteiger partial charge in [0.1, 0.15) is 11.6 Å². The van der Waals surface area contributed by atoms with E-state index in [1.54, 1.807) is 25.3 Å². The van der Waals surface area contributed by atoms with E-state index in [4.69, 9.17) is 14.8 Å². The first-order valence-corrected chi connectivity index (χ1v) is 12.2. The van der Waals surface area contributed by atoms with Crippen molar-refractivity contribution in [2.24, 2.45) is 5.41 Å². The second-order valence-corrected chi connectivity index (χ2v) is 11.1. The SMILES string of the molecule is COc1cccc(C(C)c2nc(-c3cccc(S(C)(=O)=O)c3)nn2C(C)C(C)(C)C)c1. The van der Waals surface area contributed by atoms with E-state index in [1.807, 2.05) is 28.9 Å². The van der Waals surface area contributed by atoms with Gasteiger partial charge in [-0.25, -0.2) is 18.1 Å². The van der Waals surface area contributed by atoms with Crippen molar-refractivity contribution in [1.82, 2.24) is 14.8 Å². The predicted octanol–water partition coefficient (Wildman–Crippen LogP) is 5.12. The fourth-order valence-electron chi connectivity index (χ4n) is 3.33. The molecule has 2 atom stereocenters. The molecule has 1 heterocycles. The number of hydrogen-bond donors (Lipinski definition) is 0. The van der Waals surface area contributed by atoms with Crippen molar-refractivity contribution in [1.29, 1.82) is 0 Å². The van der Waals surface area contributed by atoms with Gasteiger partial charge in [0.05, 0.1) is 18.0 Å². The summed E-state index contributed by atoms with van der Waals surface area (Å²) in [6.07, 6.45) is 1.20. The van der Waals surface area contributed by atoms with Crippen molar-refractivity contribution in [3.8, 4) is 17.1 Å². The summed E-state index contributed by atoms with van der Waals surface area (Å²) in [4.78, 5) is 5.14. The first kappa shape index (κ1) is 23.0. The van der Waals surface area contributed by atoms with Crippen LogP contribution in [0.15, 0.2) is 53.4 Å². The summed E-state index contributed by atoms with van der Waals surface area (Å²) in [6.45, 7) is 10.7. The summed E-state index contributed by atoms with van der Waals surface area (Å²) in [5, 5.41) is 4.84. The van der Waals surface area contributed by atoms with Gasteiger partial charge < -0.3 is 4.74 Å². The zero-order valence-corrected chi connectivity index (χ0v) is 20.1. The fraction of sp³-hybridized carbons (Fsp3) is 0.417. The highest BCUT2D eigenvalue weighted by atomic mass is 32.2. The highest BCUT2D eigenvalue weighted by Gasteiger charge is 2.29. The van der Waals surface area contributed by atoms with Gasteiger partial charge in [0.25, 0.3) is 0 Å². The predicted molar refractivity (Wildman–Crippen MR) is 123 cm³/mol. The number of rotatable bonds is 6. The van der Waals surface area contributed by atoms with Gasteiger partial charge in [-0.1, -0.05) is 52.0 Å². The van der Waals surface area contributed by atoms with Crippen molar-refractivity contribution < 1.29 is 13.2 Å². The molecule has 0 saturated heterocycles. The maximum atomic E-state index is 12.0. The molecule has 0 aliphatic rings. The van der Waals surface area contributed by atoms with Crippen LogP contribution in [0.3, 0.4) is 0 Å². The van der Waals surface area contributed by atoms with Crippen LogP contribution in [0.5, 0.6) is 5.75 Å². The number of benzene rings is 2. The smallest absolute Gasteiger partial charge is 0.181 e. The van der Waals surface area contributed by atoms with Gasteiger partial charge in [-0.15, -0.1) is 0 Å². The molecule has 0 spiro atoms. The quantitative estimate of drug-likeness (QED) is 0.531. The maximum absolute atomic E-state index is 12.0. The Morgan fingerprint density at radius 1 is 1.03 bits per heavy atom. The van der Waals surface area contributed by atoms with E-state index in [1.165, 1.54) is 6.26 Å². The Bertz CT molecular complexity index is 1180. The molecule has 0 saturated carbocycles. The topological polar surface area (TPSA) is 74.1 Å². The standard InChI is InChI=1S/C24H31N3O3S/c1-16(18-10-8-12-20(14-18)30-6)23-25-22(26-27(23)17(2)24(3,4)5)19-11-9-13-21(15-19)31(7,28)29/h8-17H,1-7H3. The third-order valence-corrected chi connectivity index (χ3v) is 6.89. The van der Waals surface area contributed by atoms with Crippen molar-refractivity contribution in [3.05, 3.63) is 59.9 Å². The lowest BCUT2D eigenvalue weighted by Gasteiger charge is -2.29. The van der Waals surface area contributed by atoms with E-state index in [-0.39, 0.29) is 22.3 Å². The average Bonchev–Trinajstić information content (AvgIpc) is 3.16. The van der Waals surface area contributed by atoms with Gasteiger partial charge in [-0.3, -0.25) is 0 Å². The molecule has 3 rings (SSSR count). The molecule has 6 nitrogen and oxygen atoms in total. The molecule has 0 aliphatic carbocycles. The Kier molecular flexibility index (Phi) is 6.28. The summed E-state index contributed by atoms with van der Waals surface area (Å²) in [6, 6.07) is 14.8. The summed E-state index contributed by atoms with van der Waals surface area (Å²) in [5.74, 6) is 2.11. The largest absolute Gasteiger partial charge is 0.497 e. The van der Waals surface area contributed by atoms with Crippen LogP contribution in [0, 0.1) is 5.41 Å². The van der Waals surface area contributed by atoms with E-state index in [9.17, 15) is 8.42 Å². The molecule has 0 aliphatic heterocycles. The summed E-state index contributed by atoms with van der Waals surface area (Å²) in [5.41, 5.74) is 1.72. The van der Waals surface area contributed by atoms with Crippen LogP contribution < -0.4 is 4.74 Å². The normalized spacial score (nSPS) is 14.3. The number of ether oxygens (including phenoxy) is 1. The minimum atomic E-state index is -3.32. The Balaban J connectivity index is 2.15. The summed E-state index contributed by atoms with van der Waals surface area (Å²) in [7, 11) is -1.67. The molecule has 1 aromatic heterocycles. The monoisotopic (exact) mass is 441 g/mol. The average molecular weight is 442 g/mol. The van der Waals surface area contributed by atoms with Crippen molar-refractivity contribution in [2.45, 2.75) is 51.5 Å². The van der Waals surface area contributed by atoms with Crippen LogP contribution in [0.2, 0.25) is 0 Å². The molecule has 0 fully saturated rings. The first-order valence-electron chi connectivity index (χ1n) is 10.3. The second-order valence-electron chi connectivity index (χ2n) is 9.08. The van der Waals surface area contributed by atoms with Gasteiger partial charge >= 0.3 is 0 Å². The molecule has 0 N–H and O–H groups in total. The molecule has 0 amide bonds. The van der Waals surface area contributed by atoms with E-state index < -0.39 is 9.84 Å². The molecule has 2 aromatic carbocycles. The molecular weight excluding hydrogens is 410 g/mol. The van der Waals surface area contributed by atoms with E-state index in [0.29, 0.717) is 11.4 Å². The summed E-state index contributed by atoms with van der Waals surface area (Å²) < 4.78 is 31.4. The first-order chi connectivity index (χ1) is 14.4. The van der Waals surface area contributed by atoms with Crippen molar-refractivity contribution in [3.63, 3.8) is 0 Å². The fourth-order valence-corrected chi connectivity index (χ4v) is 4.00. The molecule has 0 bridgehead atoms. The number of nitrogens with zero attached hydrogens (tertiary/aromatic N) is 3. The van der Waals surface area contributed by atoms with Crippen LogP contribution in [0.1, 0.15) is 58.0 Å². The van der Waals surface area contributed by atoms with Crippen LogP contribution in [0.25, 0.3) is 11.4 Å². The Morgan fingerprint density at radius 2 is 1.71 bits per heavy atom. The third kappa shape index (κ3) is 4.98. The van der Waals surface area contributed by atoms with E-state index in [2.05, 4.69) is 40.7 Å². The van der Waals surface area contributed by atoms with Crippen LogP contribution in [-0.4, -0.2) is 36.5 Å². The minimum absolute atomic E-state index is 0.0285. The maximum Gasteiger partial charge on any atom is 0.181 e. The van der Waals surface area contributed by atoms with Crippen LogP contribution in [-0.2, 0) is 9.84 Å². The Morgan fingerprint density at radius 3 is 2.32 bits per heavy atom. The van der Waals surface area contributed by atoms with Crippen LogP contribution >= 0.6 is 0 Å². The Labute approximate surface area is 185 Å². The molecule has 0 radical (unpaired) electrons. The minimum Gasteiger partial charge on any atom is -0.497 e. The molecule has 166 valence electrons. The van der Waals surface area contributed by atoms with Gasteiger partial charge in [0.2, 0.25) is 0 Å². The van der Waals surface area contributed by atoms with Gasteiger partial charge in [0.15, 0.2) is 15.7 Å².